The molecule has 2 bridgehead atoms. The molecular weight excluding hydrogens is 174 g/mol. The maximum atomic E-state index is 4.43. The quantitative estimate of drug-likeness (QED) is 0.666. The average molecular weight is 189 g/mol. The molecule has 2 aliphatic rings. The van der Waals surface area contributed by atoms with E-state index in [2.05, 4.69) is 14.9 Å². The van der Waals surface area contributed by atoms with Gasteiger partial charge < -0.3 is 4.90 Å². The highest BCUT2D eigenvalue weighted by Gasteiger charge is 2.36. The molecule has 14 heavy (non-hydrogen) atoms. The smallest absolute Gasteiger partial charge is 0.0633 e. The van der Waals surface area contributed by atoms with Crippen LogP contribution < -0.4 is 0 Å². The van der Waals surface area contributed by atoms with Crippen LogP contribution in [0, 0.1) is 5.92 Å². The van der Waals surface area contributed by atoms with E-state index in [0.29, 0.717) is 5.92 Å². The van der Waals surface area contributed by atoms with Crippen LogP contribution in [0.3, 0.4) is 0 Å². The average Bonchev–Trinajstić information content (AvgIpc) is 2.55. The van der Waals surface area contributed by atoms with Gasteiger partial charge in [0.2, 0.25) is 0 Å². The van der Waals surface area contributed by atoms with E-state index in [1.54, 1.807) is 6.20 Å². The van der Waals surface area contributed by atoms with Gasteiger partial charge in [-0.3, -0.25) is 9.97 Å². The van der Waals surface area contributed by atoms with E-state index in [-0.39, 0.29) is 0 Å². The van der Waals surface area contributed by atoms with Crippen LogP contribution in [0.5, 0.6) is 0 Å². The fourth-order valence-corrected chi connectivity index (χ4v) is 2.85. The van der Waals surface area contributed by atoms with Gasteiger partial charge in [-0.1, -0.05) is 0 Å². The summed E-state index contributed by atoms with van der Waals surface area (Å²) in [6, 6.07) is 0. The molecule has 0 amide bonds. The monoisotopic (exact) mass is 189 g/mol. The van der Waals surface area contributed by atoms with Gasteiger partial charge in [0.15, 0.2) is 0 Å². The highest BCUT2D eigenvalue weighted by molar-refractivity contribution is 5.10. The molecule has 3 atom stereocenters. The topological polar surface area (TPSA) is 29.0 Å². The predicted molar refractivity (Wildman–Crippen MR) is 53.9 cm³/mol. The molecule has 2 aliphatic heterocycles. The molecular formula is C11H15N3. The van der Waals surface area contributed by atoms with Gasteiger partial charge in [0, 0.05) is 37.6 Å². The Morgan fingerprint density at radius 1 is 1.29 bits per heavy atom. The van der Waals surface area contributed by atoms with Crippen LogP contribution in [0.2, 0.25) is 0 Å². The molecule has 1 aromatic rings. The second-order valence-corrected chi connectivity index (χ2v) is 4.40. The lowest BCUT2D eigenvalue weighted by molar-refractivity contribution is 0.269. The Kier molecular flexibility index (Phi) is 1.98. The van der Waals surface area contributed by atoms with Crippen molar-refractivity contribution in [3.8, 4) is 0 Å². The summed E-state index contributed by atoms with van der Waals surface area (Å²) in [5.74, 6) is 1.48. The first-order valence-electron chi connectivity index (χ1n) is 5.42. The lowest BCUT2D eigenvalue weighted by Crippen LogP contribution is -2.25. The van der Waals surface area contributed by atoms with Crippen molar-refractivity contribution in [3.05, 3.63) is 24.3 Å². The second kappa shape index (κ2) is 3.31. The highest BCUT2D eigenvalue weighted by Crippen LogP contribution is 2.37. The van der Waals surface area contributed by atoms with Crippen LogP contribution in [-0.2, 0) is 0 Å². The van der Waals surface area contributed by atoms with E-state index in [1.165, 1.54) is 38.2 Å². The molecule has 1 aromatic heterocycles. The molecule has 0 spiro atoms. The van der Waals surface area contributed by atoms with Crippen molar-refractivity contribution in [3.63, 3.8) is 0 Å². The Hall–Kier alpha value is -0.960. The van der Waals surface area contributed by atoms with Crippen molar-refractivity contribution in [2.45, 2.75) is 18.8 Å². The van der Waals surface area contributed by atoms with Gasteiger partial charge in [-0.2, -0.15) is 0 Å². The largest absolute Gasteiger partial charge is 0.302 e. The summed E-state index contributed by atoms with van der Waals surface area (Å²) in [6.45, 7) is 3.76. The SMILES string of the molecule is c1cnc([C@H]2CN3CCCC2C3)cn1. The number of aromatic nitrogens is 2. The van der Waals surface area contributed by atoms with Gasteiger partial charge in [-0.05, 0) is 25.3 Å². The van der Waals surface area contributed by atoms with Crippen LogP contribution in [0.1, 0.15) is 24.5 Å². The minimum Gasteiger partial charge on any atom is -0.302 e. The molecule has 3 nitrogen and oxygen atoms in total. The summed E-state index contributed by atoms with van der Waals surface area (Å²) < 4.78 is 0. The first kappa shape index (κ1) is 8.36. The Morgan fingerprint density at radius 3 is 3.07 bits per heavy atom. The third-order valence-corrected chi connectivity index (χ3v) is 3.53. The van der Waals surface area contributed by atoms with E-state index in [0.717, 1.165) is 5.92 Å². The third kappa shape index (κ3) is 1.32. The van der Waals surface area contributed by atoms with Crippen molar-refractivity contribution < 1.29 is 0 Å². The Morgan fingerprint density at radius 2 is 2.29 bits per heavy atom. The van der Waals surface area contributed by atoms with Crippen molar-refractivity contribution in [2.24, 2.45) is 5.92 Å². The minimum absolute atomic E-state index is 0.645. The van der Waals surface area contributed by atoms with Gasteiger partial charge in [0.05, 0.1) is 5.69 Å². The maximum absolute atomic E-state index is 4.43. The molecule has 3 heteroatoms. The molecule has 0 N–H and O–H groups in total. The molecule has 3 rings (SSSR count). The second-order valence-electron chi connectivity index (χ2n) is 4.40. The van der Waals surface area contributed by atoms with Crippen LogP contribution in [-0.4, -0.2) is 34.5 Å². The molecule has 2 saturated heterocycles. The van der Waals surface area contributed by atoms with Crippen LogP contribution in [0.4, 0.5) is 0 Å². The highest BCUT2D eigenvalue weighted by atomic mass is 15.2. The van der Waals surface area contributed by atoms with Crippen molar-refractivity contribution in [1.29, 1.82) is 0 Å². The molecule has 0 saturated carbocycles. The standard InChI is InChI=1S/C11H15N3/c1-2-9-7-14(5-1)8-10(9)11-6-12-3-4-13-11/h3-4,6,9-10H,1-2,5,7-8H2/t9?,10-/m0/s1. The minimum atomic E-state index is 0.645. The summed E-state index contributed by atoms with van der Waals surface area (Å²) in [7, 11) is 0. The first-order valence-corrected chi connectivity index (χ1v) is 5.42. The fourth-order valence-electron chi connectivity index (χ4n) is 2.85. The summed E-state index contributed by atoms with van der Waals surface area (Å²) in [4.78, 5) is 11.2. The van der Waals surface area contributed by atoms with E-state index in [9.17, 15) is 0 Å². The Balaban J connectivity index is 1.86. The summed E-state index contributed by atoms with van der Waals surface area (Å²) in [6.07, 6.45) is 8.24. The van der Waals surface area contributed by atoms with Gasteiger partial charge in [0.25, 0.3) is 0 Å². The summed E-state index contributed by atoms with van der Waals surface area (Å²) in [5.41, 5.74) is 1.20. The van der Waals surface area contributed by atoms with Crippen molar-refractivity contribution in [1.82, 2.24) is 14.9 Å². The zero-order chi connectivity index (χ0) is 9.38. The zero-order valence-electron chi connectivity index (χ0n) is 8.26. The number of hydrogen-bond donors (Lipinski definition) is 0. The Bertz CT molecular complexity index is 312. The van der Waals surface area contributed by atoms with Crippen LogP contribution in [0.25, 0.3) is 0 Å². The van der Waals surface area contributed by atoms with Gasteiger partial charge in [0.1, 0.15) is 0 Å². The third-order valence-electron chi connectivity index (χ3n) is 3.53. The van der Waals surface area contributed by atoms with Crippen molar-refractivity contribution in [2.75, 3.05) is 19.6 Å². The van der Waals surface area contributed by atoms with E-state index in [1.807, 2.05) is 12.4 Å². The van der Waals surface area contributed by atoms with Gasteiger partial charge in [-0.15, -0.1) is 0 Å². The maximum Gasteiger partial charge on any atom is 0.0633 e. The zero-order valence-corrected chi connectivity index (χ0v) is 8.26. The van der Waals surface area contributed by atoms with Crippen LogP contribution >= 0.6 is 0 Å². The number of piperidine rings is 1. The van der Waals surface area contributed by atoms with Gasteiger partial charge in [-0.25, -0.2) is 0 Å². The molecule has 2 fully saturated rings. The summed E-state index contributed by atoms with van der Waals surface area (Å²) in [5, 5.41) is 0. The molecule has 3 heterocycles. The molecule has 2 unspecified atom stereocenters. The number of fused-ring (bicyclic) bond motifs is 2. The fraction of sp³-hybridized carbons (Fsp3) is 0.636. The summed E-state index contributed by atoms with van der Waals surface area (Å²) >= 11 is 0. The van der Waals surface area contributed by atoms with E-state index in [4.69, 9.17) is 0 Å². The van der Waals surface area contributed by atoms with E-state index >= 15 is 0 Å². The molecule has 0 radical (unpaired) electrons. The van der Waals surface area contributed by atoms with Gasteiger partial charge >= 0.3 is 0 Å². The van der Waals surface area contributed by atoms with Crippen molar-refractivity contribution >= 4 is 0 Å². The molecule has 0 aliphatic carbocycles. The lowest BCUT2D eigenvalue weighted by Gasteiger charge is -2.21. The normalized spacial score (nSPS) is 35.9. The molecule has 74 valence electrons. The molecule has 0 aromatic carbocycles. The predicted octanol–water partition coefficient (Wildman–Crippen LogP) is 1.29. The van der Waals surface area contributed by atoms with E-state index < -0.39 is 0 Å². The van der Waals surface area contributed by atoms with Crippen LogP contribution in [0.15, 0.2) is 18.6 Å². The number of hydrogen-bond acceptors (Lipinski definition) is 3. The lowest BCUT2D eigenvalue weighted by atomic mass is 9.89. The number of nitrogens with zero attached hydrogens (tertiary/aromatic N) is 3. The Labute approximate surface area is 84.2 Å². The number of rotatable bonds is 1. The first-order chi connectivity index (χ1) is 6.93.